The van der Waals surface area contributed by atoms with Crippen LogP contribution in [-0.2, 0) is 6.54 Å². The molecular formula is C11H9BrClNS. The monoisotopic (exact) mass is 301 g/mol. The van der Waals surface area contributed by atoms with Crippen LogP contribution in [0, 0.1) is 0 Å². The number of nitrogens with one attached hydrogen (secondary N) is 1. The van der Waals surface area contributed by atoms with Crippen LogP contribution in [0.25, 0.3) is 0 Å². The molecular weight excluding hydrogens is 294 g/mol. The molecule has 1 aromatic heterocycles. The van der Waals surface area contributed by atoms with E-state index in [-0.39, 0.29) is 0 Å². The Morgan fingerprint density at radius 3 is 2.93 bits per heavy atom. The highest BCUT2D eigenvalue weighted by Gasteiger charge is 2.00. The summed E-state index contributed by atoms with van der Waals surface area (Å²) in [5.74, 6) is 0. The zero-order valence-corrected chi connectivity index (χ0v) is 11.0. The average molecular weight is 303 g/mol. The van der Waals surface area contributed by atoms with E-state index in [1.807, 2.05) is 18.2 Å². The van der Waals surface area contributed by atoms with Crippen molar-refractivity contribution in [2.75, 3.05) is 5.32 Å². The van der Waals surface area contributed by atoms with Gasteiger partial charge in [-0.25, -0.2) is 0 Å². The van der Waals surface area contributed by atoms with Gasteiger partial charge in [0.05, 0.1) is 0 Å². The van der Waals surface area contributed by atoms with E-state index in [0.717, 1.165) is 27.3 Å². The van der Waals surface area contributed by atoms with Crippen LogP contribution in [-0.4, -0.2) is 0 Å². The summed E-state index contributed by atoms with van der Waals surface area (Å²) in [5, 5.41) is 8.23. The first-order valence-electron chi connectivity index (χ1n) is 4.46. The molecule has 0 spiro atoms. The lowest BCUT2D eigenvalue weighted by Crippen LogP contribution is -1.98. The second kappa shape index (κ2) is 5.01. The molecule has 15 heavy (non-hydrogen) atoms. The second-order valence-electron chi connectivity index (χ2n) is 3.10. The average Bonchev–Trinajstić information content (AvgIpc) is 2.72. The summed E-state index contributed by atoms with van der Waals surface area (Å²) in [7, 11) is 0. The van der Waals surface area contributed by atoms with Gasteiger partial charge in [-0.3, -0.25) is 0 Å². The van der Waals surface area contributed by atoms with Crippen LogP contribution < -0.4 is 5.32 Å². The molecule has 4 heteroatoms. The van der Waals surface area contributed by atoms with Gasteiger partial charge in [-0.1, -0.05) is 27.5 Å². The molecule has 0 aliphatic carbocycles. The Labute approximate surface area is 106 Å². The molecule has 0 aliphatic rings. The third-order valence-corrected chi connectivity index (χ3v) is 3.70. The lowest BCUT2D eigenvalue weighted by atomic mass is 10.2. The second-order valence-corrected chi connectivity index (χ2v) is 5.17. The molecule has 0 saturated carbocycles. The van der Waals surface area contributed by atoms with Crippen molar-refractivity contribution in [3.8, 4) is 0 Å². The normalized spacial score (nSPS) is 10.3. The summed E-state index contributed by atoms with van der Waals surface area (Å²) in [4.78, 5) is 0. The molecule has 0 atom stereocenters. The number of anilines is 1. The lowest BCUT2D eigenvalue weighted by Gasteiger charge is -2.06. The Balaban J connectivity index is 2.07. The Morgan fingerprint density at radius 2 is 2.20 bits per heavy atom. The van der Waals surface area contributed by atoms with Crippen molar-refractivity contribution < 1.29 is 0 Å². The number of hydrogen-bond donors (Lipinski definition) is 1. The third kappa shape index (κ3) is 2.97. The molecule has 2 aromatic rings. The minimum Gasteiger partial charge on any atom is -0.380 e. The lowest BCUT2D eigenvalue weighted by molar-refractivity contribution is 1.14. The Morgan fingerprint density at radius 1 is 1.33 bits per heavy atom. The number of benzene rings is 1. The van der Waals surface area contributed by atoms with Crippen molar-refractivity contribution in [1.82, 2.24) is 0 Å². The summed E-state index contributed by atoms with van der Waals surface area (Å²) in [6.45, 7) is 0.776. The van der Waals surface area contributed by atoms with Crippen molar-refractivity contribution in [2.45, 2.75) is 6.54 Å². The van der Waals surface area contributed by atoms with Crippen LogP contribution in [0.2, 0.25) is 5.02 Å². The summed E-state index contributed by atoms with van der Waals surface area (Å²) in [6, 6.07) is 7.86. The van der Waals surface area contributed by atoms with E-state index in [4.69, 9.17) is 11.6 Å². The minimum absolute atomic E-state index is 0.764. The maximum absolute atomic E-state index is 5.93. The topological polar surface area (TPSA) is 12.0 Å². The smallest absolute Gasteiger partial charge is 0.0451 e. The van der Waals surface area contributed by atoms with Crippen molar-refractivity contribution in [1.29, 1.82) is 0 Å². The van der Waals surface area contributed by atoms with Crippen LogP contribution >= 0.6 is 38.9 Å². The SMILES string of the molecule is Clc1ccc(Br)c(CNc2ccsc2)c1. The molecule has 1 aromatic carbocycles. The Hall–Kier alpha value is -0.510. The van der Waals surface area contributed by atoms with Gasteiger partial charge in [0.2, 0.25) is 0 Å². The van der Waals surface area contributed by atoms with Crippen LogP contribution in [0.15, 0.2) is 39.5 Å². The maximum Gasteiger partial charge on any atom is 0.0451 e. The molecule has 0 bridgehead atoms. The van der Waals surface area contributed by atoms with Crippen LogP contribution in [0.5, 0.6) is 0 Å². The van der Waals surface area contributed by atoms with Gasteiger partial charge in [-0.2, -0.15) is 11.3 Å². The quantitative estimate of drug-likeness (QED) is 0.860. The van der Waals surface area contributed by atoms with Crippen molar-refractivity contribution in [2.24, 2.45) is 0 Å². The van der Waals surface area contributed by atoms with Crippen LogP contribution in [0.3, 0.4) is 0 Å². The van der Waals surface area contributed by atoms with Gasteiger partial charge >= 0.3 is 0 Å². The highest BCUT2D eigenvalue weighted by Crippen LogP contribution is 2.22. The zero-order valence-electron chi connectivity index (χ0n) is 7.84. The van der Waals surface area contributed by atoms with E-state index in [0.29, 0.717) is 0 Å². The van der Waals surface area contributed by atoms with E-state index < -0.39 is 0 Å². The van der Waals surface area contributed by atoms with Crippen LogP contribution in [0.1, 0.15) is 5.56 Å². The Bertz CT molecular complexity index is 442. The highest BCUT2D eigenvalue weighted by atomic mass is 79.9. The predicted molar refractivity (Wildman–Crippen MR) is 70.8 cm³/mol. The Kier molecular flexibility index (Phi) is 3.67. The van der Waals surface area contributed by atoms with Gasteiger partial charge in [0, 0.05) is 27.1 Å². The first kappa shape index (κ1) is 11.0. The fourth-order valence-corrected chi connectivity index (χ4v) is 2.43. The van der Waals surface area contributed by atoms with Gasteiger partial charge in [-0.05, 0) is 35.2 Å². The molecule has 0 saturated heterocycles. The molecule has 0 unspecified atom stereocenters. The van der Waals surface area contributed by atoms with Crippen molar-refractivity contribution in [3.05, 3.63) is 50.1 Å². The summed E-state index contributed by atoms with van der Waals surface area (Å²) >= 11 is 11.1. The molecule has 2 rings (SSSR count). The standard InChI is InChI=1S/C11H9BrClNS/c12-11-2-1-9(13)5-8(11)6-14-10-3-4-15-7-10/h1-5,7,14H,6H2. The van der Waals surface area contributed by atoms with E-state index in [1.54, 1.807) is 11.3 Å². The molecule has 0 aliphatic heterocycles. The number of halogens is 2. The predicted octanol–water partition coefficient (Wildman–Crippen LogP) is 4.78. The molecule has 78 valence electrons. The fourth-order valence-electron chi connectivity index (χ4n) is 1.24. The van der Waals surface area contributed by atoms with Crippen LogP contribution in [0.4, 0.5) is 5.69 Å². The molecule has 0 fully saturated rings. The number of hydrogen-bond acceptors (Lipinski definition) is 2. The first-order valence-corrected chi connectivity index (χ1v) is 6.57. The summed E-state index contributed by atoms with van der Waals surface area (Å²) in [5.41, 5.74) is 2.31. The highest BCUT2D eigenvalue weighted by molar-refractivity contribution is 9.10. The molecule has 0 radical (unpaired) electrons. The van der Waals surface area contributed by atoms with Gasteiger partial charge in [0.15, 0.2) is 0 Å². The minimum atomic E-state index is 0.764. The number of rotatable bonds is 3. The number of thiophene rings is 1. The maximum atomic E-state index is 5.93. The molecule has 0 amide bonds. The molecule has 1 nitrogen and oxygen atoms in total. The van der Waals surface area contributed by atoms with Crippen molar-refractivity contribution in [3.63, 3.8) is 0 Å². The fraction of sp³-hybridized carbons (Fsp3) is 0.0909. The summed E-state index contributed by atoms with van der Waals surface area (Å²) < 4.78 is 1.08. The molecule has 1 heterocycles. The first-order chi connectivity index (χ1) is 7.25. The van der Waals surface area contributed by atoms with E-state index in [1.165, 1.54) is 0 Å². The zero-order chi connectivity index (χ0) is 10.7. The van der Waals surface area contributed by atoms with Crippen molar-refractivity contribution >= 4 is 44.6 Å². The van der Waals surface area contributed by atoms with Gasteiger partial charge < -0.3 is 5.32 Å². The third-order valence-electron chi connectivity index (χ3n) is 2.01. The largest absolute Gasteiger partial charge is 0.380 e. The van der Waals surface area contributed by atoms with Gasteiger partial charge in [-0.15, -0.1) is 0 Å². The summed E-state index contributed by atoms with van der Waals surface area (Å²) in [6.07, 6.45) is 0. The van der Waals surface area contributed by atoms with E-state index in [9.17, 15) is 0 Å². The van der Waals surface area contributed by atoms with E-state index in [2.05, 4.69) is 38.1 Å². The van der Waals surface area contributed by atoms with Gasteiger partial charge in [0.1, 0.15) is 0 Å². The van der Waals surface area contributed by atoms with E-state index >= 15 is 0 Å². The van der Waals surface area contributed by atoms with Gasteiger partial charge in [0.25, 0.3) is 0 Å². The molecule has 1 N–H and O–H groups in total.